The Bertz CT molecular complexity index is 363. The number of ketones is 1. The monoisotopic (exact) mass is 252 g/mol. The molecular weight excluding hydrogens is 232 g/mol. The molecule has 0 N–H and O–H groups in total. The highest BCUT2D eigenvalue weighted by Crippen LogP contribution is 2.16. The normalized spacial score (nSPS) is 12.2. The molecule has 0 spiro atoms. The largest absolute Gasteiger partial charge is 0.497 e. The van der Waals surface area contributed by atoms with Crippen LogP contribution in [-0.2, 0) is 11.2 Å². The van der Waals surface area contributed by atoms with Crippen molar-refractivity contribution < 1.29 is 9.53 Å². The molecule has 0 aliphatic carbocycles. The number of carbonyl (C=O) groups excluding carboxylic acids is 1. The molecule has 1 aromatic carbocycles. The van der Waals surface area contributed by atoms with Gasteiger partial charge in [0.2, 0.25) is 0 Å². The molecule has 0 fully saturated rings. The summed E-state index contributed by atoms with van der Waals surface area (Å²) in [6, 6.07) is 7.70. The Labute approximate surface area is 108 Å². The topological polar surface area (TPSA) is 26.3 Å². The van der Waals surface area contributed by atoms with Crippen LogP contribution in [0, 0.1) is 0 Å². The van der Waals surface area contributed by atoms with Crippen molar-refractivity contribution in [2.45, 2.75) is 31.9 Å². The summed E-state index contributed by atoms with van der Waals surface area (Å²) in [5, 5.41) is 0.559. The zero-order valence-electron chi connectivity index (χ0n) is 10.7. The fourth-order valence-electron chi connectivity index (χ4n) is 1.41. The highest BCUT2D eigenvalue weighted by molar-refractivity contribution is 8.00. The van der Waals surface area contributed by atoms with Gasteiger partial charge in [-0.3, -0.25) is 4.79 Å². The van der Waals surface area contributed by atoms with E-state index < -0.39 is 0 Å². The molecule has 0 saturated heterocycles. The second kappa shape index (κ2) is 7.38. The molecule has 0 bridgehead atoms. The van der Waals surface area contributed by atoms with Crippen LogP contribution in [0.15, 0.2) is 24.3 Å². The Morgan fingerprint density at radius 1 is 1.47 bits per heavy atom. The van der Waals surface area contributed by atoms with Crippen molar-refractivity contribution in [3.8, 4) is 5.75 Å². The lowest BCUT2D eigenvalue weighted by Crippen LogP contribution is -2.08. The number of thioether (sulfide) groups is 1. The van der Waals surface area contributed by atoms with Crippen molar-refractivity contribution in [3.05, 3.63) is 29.8 Å². The van der Waals surface area contributed by atoms with Gasteiger partial charge in [0.15, 0.2) is 0 Å². The van der Waals surface area contributed by atoms with E-state index in [0.29, 0.717) is 17.4 Å². The van der Waals surface area contributed by atoms with Gasteiger partial charge in [0.1, 0.15) is 11.5 Å². The fourth-order valence-corrected chi connectivity index (χ4v) is 2.22. The first-order valence-electron chi connectivity index (χ1n) is 5.92. The van der Waals surface area contributed by atoms with Gasteiger partial charge in [-0.2, -0.15) is 11.8 Å². The lowest BCUT2D eigenvalue weighted by atomic mass is 10.1. The van der Waals surface area contributed by atoms with E-state index in [1.54, 1.807) is 18.9 Å². The number of carbonyl (C=O) groups is 1. The van der Waals surface area contributed by atoms with Gasteiger partial charge in [-0.25, -0.2) is 0 Å². The van der Waals surface area contributed by atoms with Gasteiger partial charge >= 0.3 is 0 Å². The SMILES string of the molecule is CCC(C)SCC(=O)Cc1cccc(OC)c1. The molecule has 0 heterocycles. The van der Waals surface area contributed by atoms with Gasteiger partial charge in [0.05, 0.1) is 12.9 Å². The molecule has 0 aromatic heterocycles. The molecule has 94 valence electrons. The summed E-state index contributed by atoms with van der Waals surface area (Å²) in [7, 11) is 1.64. The van der Waals surface area contributed by atoms with E-state index in [9.17, 15) is 4.79 Å². The number of rotatable bonds is 7. The van der Waals surface area contributed by atoms with Crippen LogP contribution in [0.4, 0.5) is 0 Å². The standard InChI is InChI=1S/C14H20O2S/c1-4-11(2)17-10-13(15)8-12-6-5-7-14(9-12)16-3/h5-7,9,11H,4,8,10H2,1-3H3. The lowest BCUT2D eigenvalue weighted by Gasteiger charge is -2.07. The van der Waals surface area contributed by atoms with E-state index in [0.717, 1.165) is 17.7 Å². The first kappa shape index (κ1) is 14.1. The van der Waals surface area contributed by atoms with Crippen LogP contribution >= 0.6 is 11.8 Å². The third-order valence-corrected chi connectivity index (χ3v) is 4.03. The van der Waals surface area contributed by atoms with Crippen molar-refractivity contribution in [1.29, 1.82) is 0 Å². The Morgan fingerprint density at radius 3 is 2.88 bits per heavy atom. The maximum absolute atomic E-state index is 11.8. The van der Waals surface area contributed by atoms with Crippen LogP contribution < -0.4 is 4.74 Å². The molecule has 0 aliphatic rings. The van der Waals surface area contributed by atoms with Crippen molar-refractivity contribution >= 4 is 17.5 Å². The van der Waals surface area contributed by atoms with Gasteiger partial charge in [-0.15, -0.1) is 0 Å². The number of hydrogen-bond acceptors (Lipinski definition) is 3. The summed E-state index contributed by atoms with van der Waals surface area (Å²) in [5.41, 5.74) is 1.03. The van der Waals surface area contributed by atoms with Crippen LogP contribution in [-0.4, -0.2) is 23.9 Å². The number of methoxy groups -OCH3 is 1. The number of ether oxygens (including phenoxy) is 1. The predicted molar refractivity (Wildman–Crippen MR) is 73.9 cm³/mol. The van der Waals surface area contributed by atoms with E-state index in [-0.39, 0.29) is 5.78 Å². The molecule has 17 heavy (non-hydrogen) atoms. The zero-order valence-corrected chi connectivity index (χ0v) is 11.5. The predicted octanol–water partition coefficient (Wildman–Crippen LogP) is 3.34. The first-order chi connectivity index (χ1) is 8.15. The van der Waals surface area contributed by atoms with E-state index in [2.05, 4.69) is 13.8 Å². The molecular formula is C14H20O2S. The van der Waals surface area contributed by atoms with Crippen molar-refractivity contribution in [1.82, 2.24) is 0 Å². The van der Waals surface area contributed by atoms with Gasteiger partial charge < -0.3 is 4.74 Å². The van der Waals surface area contributed by atoms with Crippen LogP contribution in [0.3, 0.4) is 0 Å². The highest BCUT2D eigenvalue weighted by atomic mass is 32.2. The number of benzene rings is 1. The van der Waals surface area contributed by atoms with Crippen LogP contribution in [0.5, 0.6) is 5.75 Å². The van der Waals surface area contributed by atoms with Crippen LogP contribution in [0.25, 0.3) is 0 Å². The highest BCUT2D eigenvalue weighted by Gasteiger charge is 2.07. The van der Waals surface area contributed by atoms with Gasteiger partial charge in [0.25, 0.3) is 0 Å². The molecule has 0 saturated carbocycles. The Hall–Kier alpha value is -0.960. The van der Waals surface area contributed by atoms with Gasteiger partial charge in [-0.1, -0.05) is 26.0 Å². The third kappa shape index (κ3) is 5.26. The summed E-state index contributed by atoms with van der Waals surface area (Å²) in [5.74, 6) is 1.69. The average Bonchev–Trinajstić information content (AvgIpc) is 2.36. The lowest BCUT2D eigenvalue weighted by molar-refractivity contribution is -0.116. The second-order valence-corrected chi connectivity index (χ2v) is 5.52. The third-order valence-electron chi connectivity index (χ3n) is 2.64. The molecule has 0 radical (unpaired) electrons. The van der Waals surface area contributed by atoms with Gasteiger partial charge in [-0.05, 0) is 24.1 Å². The molecule has 2 nitrogen and oxygen atoms in total. The molecule has 3 heteroatoms. The van der Waals surface area contributed by atoms with E-state index in [1.165, 1.54) is 0 Å². The van der Waals surface area contributed by atoms with Crippen molar-refractivity contribution in [2.24, 2.45) is 0 Å². The van der Waals surface area contributed by atoms with Crippen molar-refractivity contribution in [2.75, 3.05) is 12.9 Å². The molecule has 0 aliphatic heterocycles. The minimum absolute atomic E-state index is 0.281. The maximum atomic E-state index is 11.8. The van der Waals surface area contributed by atoms with Crippen LogP contribution in [0.2, 0.25) is 0 Å². The van der Waals surface area contributed by atoms with Gasteiger partial charge in [0, 0.05) is 11.7 Å². The fraction of sp³-hybridized carbons (Fsp3) is 0.500. The van der Waals surface area contributed by atoms with E-state index in [4.69, 9.17) is 4.74 Å². The smallest absolute Gasteiger partial charge is 0.147 e. The van der Waals surface area contributed by atoms with Crippen LogP contribution in [0.1, 0.15) is 25.8 Å². The first-order valence-corrected chi connectivity index (χ1v) is 6.96. The maximum Gasteiger partial charge on any atom is 0.147 e. The summed E-state index contributed by atoms with van der Waals surface area (Å²) >= 11 is 1.73. The minimum atomic E-state index is 0.281. The Balaban J connectivity index is 2.44. The summed E-state index contributed by atoms with van der Waals surface area (Å²) < 4.78 is 5.14. The molecule has 1 aromatic rings. The average molecular weight is 252 g/mol. The Morgan fingerprint density at radius 2 is 2.24 bits per heavy atom. The summed E-state index contributed by atoms with van der Waals surface area (Å²) in [4.78, 5) is 11.8. The quantitative estimate of drug-likeness (QED) is 0.744. The number of Topliss-reactive ketones (excluding diaryl/α,β-unsaturated/α-hetero) is 1. The molecule has 1 rings (SSSR count). The van der Waals surface area contributed by atoms with E-state index in [1.807, 2.05) is 24.3 Å². The van der Waals surface area contributed by atoms with E-state index >= 15 is 0 Å². The molecule has 0 amide bonds. The van der Waals surface area contributed by atoms with Crippen molar-refractivity contribution in [3.63, 3.8) is 0 Å². The summed E-state index contributed by atoms with van der Waals surface area (Å²) in [6.07, 6.45) is 1.61. The molecule has 1 atom stereocenters. The minimum Gasteiger partial charge on any atom is -0.497 e. The number of hydrogen-bond donors (Lipinski definition) is 0. The Kier molecular flexibility index (Phi) is 6.12. The molecule has 1 unspecified atom stereocenters. The summed E-state index contributed by atoms with van der Waals surface area (Å²) in [6.45, 7) is 4.30. The zero-order chi connectivity index (χ0) is 12.7. The second-order valence-electron chi connectivity index (χ2n) is 4.10.